The van der Waals surface area contributed by atoms with Crippen molar-refractivity contribution in [2.75, 3.05) is 6.26 Å². The van der Waals surface area contributed by atoms with Crippen LogP contribution < -0.4 is 5.32 Å². The van der Waals surface area contributed by atoms with Crippen LogP contribution in [0.1, 0.15) is 47.3 Å². The zero-order valence-electron chi connectivity index (χ0n) is 15.0. The van der Waals surface area contributed by atoms with E-state index in [1.54, 1.807) is 19.1 Å². The Balaban J connectivity index is 1.65. The molecular formula is C21H23NO3S. The van der Waals surface area contributed by atoms with Gasteiger partial charge in [0.05, 0.1) is 11.6 Å². The normalized spacial score (nSPS) is 17.1. The second kappa shape index (κ2) is 8.41. The van der Waals surface area contributed by atoms with E-state index in [9.17, 15) is 9.59 Å². The Morgan fingerprint density at radius 2 is 1.88 bits per heavy atom. The van der Waals surface area contributed by atoms with E-state index >= 15 is 0 Å². The maximum Gasteiger partial charge on any atom is 0.340 e. The molecule has 0 bridgehead atoms. The number of carbonyl (C=O) groups excluding carboxylic acids is 2. The Morgan fingerprint density at radius 1 is 1.15 bits per heavy atom. The van der Waals surface area contributed by atoms with E-state index in [1.807, 2.05) is 30.5 Å². The van der Waals surface area contributed by atoms with E-state index in [2.05, 4.69) is 17.4 Å². The predicted octanol–water partition coefficient (Wildman–Crippen LogP) is 4.15. The van der Waals surface area contributed by atoms with E-state index in [0.717, 1.165) is 24.2 Å². The number of carbonyl (C=O) groups is 2. The summed E-state index contributed by atoms with van der Waals surface area (Å²) in [6, 6.07) is 15.4. The van der Waals surface area contributed by atoms with Crippen LogP contribution in [-0.2, 0) is 16.0 Å². The lowest BCUT2D eigenvalue weighted by Gasteiger charge is -2.27. The van der Waals surface area contributed by atoms with E-state index < -0.39 is 12.1 Å². The molecule has 0 unspecified atom stereocenters. The molecule has 0 fully saturated rings. The minimum absolute atomic E-state index is 0.0212. The maximum atomic E-state index is 12.5. The molecule has 0 radical (unpaired) electrons. The fraction of sp³-hybridized carbons (Fsp3) is 0.333. The molecule has 4 nitrogen and oxygen atoms in total. The van der Waals surface area contributed by atoms with Crippen LogP contribution >= 0.6 is 11.8 Å². The summed E-state index contributed by atoms with van der Waals surface area (Å²) >= 11 is 1.48. The highest BCUT2D eigenvalue weighted by atomic mass is 32.2. The predicted molar refractivity (Wildman–Crippen MR) is 103 cm³/mol. The molecule has 0 saturated heterocycles. The molecule has 0 saturated carbocycles. The SMILES string of the molecule is CSc1ccccc1C(=O)O[C@@H](C)C(=O)N[C@@H]1CCCc2ccccc21. The number of ether oxygens (including phenoxy) is 1. The molecule has 2 aromatic carbocycles. The Bertz CT molecular complexity index is 805. The molecule has 2 atom stereocenters. The van der Waals surface area contributed by atoms with Gasteiger partial charge in [0.15, 0.2) is 6.10 Å². The molecule has 1 N–H and O–H groups in total. The van der Waals surface area contributed by atoms with Crippen LogP contribution in [-0.4, -0.2) is 24.2 Å². The first-order valence-electron chi connectivity index (χ1n) is 8.82. The third-order valence-corrected chi connectivity index (χ3v) is 5.46. The molecule has 0 spiro atoms. The van der Waals surface area contributed by atoms with Gasteiger partial charge in [-0.3, -0.25) is 4.79 Å². The fourth-order valence-electron chi connectivity index (χ4n) is 3.28. The number of aryl methyl sites for hydroxylation is 1. The largest absolute Gasteiger partial charge is 0.449 e. The van der Waals surface area contributed by atoms with Gasteiger partial charge in [-0.15, -0.1) is 11.8 Å². The highest BCUT2D eigenvalue weighted by Gasteiger charge is 2.26. The zero-order valence-corrected chi connectivity index (χ0v) is 15.8. The molecule has 1 aliphatic carbocycles. The molecule has 0 aliphatic heterocycles. The summed E-state index contributed by atoms with van der Waals surface area (Å²) in [4.78, 5) is 25.8. The first kappa shape index (κ1) is 18.5. The minimum Gasteiger partial charge on any atom is -0.449 e. The summed E-state index contributed by atoms with van der Waals surface area (Å²) in [5, 5.41) is 3.04. The van der Waals surface area contributed by atoms with Crippen molar-refractivity contribution >= 4 is 23.6 Å². The molecule has 0 heterocycles. The molecule has 26 heavy (non-hydrogen) atoms. The maximum absolute atomic E-state index is 12.5. The fourth-order valence-corrected chi connectivity index (χ4v) is 3.87. The summed E-state index contributed by atoms with van der Waals surface area (Å²) in [6.07, 6.45) is 4.04. The van der Waals surface area contributed by atoms with E-state index in [1.165, 1.54) is 22.9 Å². The van der Waals surface area contributed by atoms with Gasteiger partial charge in [-0.2, -0.15) is 0 Å². The quantitative estimate of drug-likeness (QED) is 0.635. The van der Waals surface area contributed by atoms with Crippen molar-refractivity contribution in [2.24, 2.45) is 0 Å². The smallest absolute Gasteiger partial charge is 0.340 e. The molecule has 0 aromatic heterocycles. The first-order chi connectivity index (χ1) is 12.6. The third-order valence-electron chi connectivity index (χ3n) is 4.67. The molecule has 3 rings (SSSR count). The highest BCUT2D eigenvalue weighted by molar-refractivity contribution is 7.98. The monoisotopic (exact) mass is 369 g/mol. The summed E-state index contributed by atoms with van der Waals surface area (Å²) in [6.45, 7) is 1.61. The number of thioether (sulfide) groups is 1. The lowest BCUT2D eigenvalue weighted by atomic mass is 9.87. The van der Waals surface area contributed by atoms with Gasteiger partial charge < -0.3 is 10.1 Å². The lowest BCUT2D eigenvalue weighted by molar-refractivity contribution is -0.130. The summed E-state index contributed by atoms with van der Waals surface area (Å²) in [5.74, 6) is -0.733. The van der Waals surface area contributed by atoms with Gasteiger partial charge in [0, 0.05) is 4.90 Å². The van der Waals surface area contributed by atoms with Gasteiger partial charge in [0.1, 0.15) is 0 Å². The Morgan fingerprint density at radius 3 is 2.69 bits per heavy atom. The number of hydrogen-bond acceptors (Lipinski definition) is 4. The Kier molecular flexibility index (Phi) is 5.99. The minimum atomic E-state index is -0.841. The summed E-state index contributed by atoms with van der Waals surface area (Å²) in [5.41, 5.74) is 2.93. The van der Waals surface area contributed by atoms with E-state index in [4.69, 9.17) is 4.74 Å². The summed E-state index contributed by atoms with van der Waals surface area (Å²) < 4.78 is 5.41. The van der Waals surface area contributed by atoms with Crippen LogP contribution in [0.25, 0.3) is 0 Å². The third kappa shape index (κ3) is 4.10. The second-order valence-corrected chi connectivity index (χ2v) is 7.25. The highest BCUT2D eigenvalue weighted by Crippen LogP contribution is 2.29. The molecule has 1 aliphatic rings. The average Bonchev–Trinajstić information content (AvgIpc) is 2.68. The number of amides is 1. The van der Waals surface area contributed by atoms with Gasteiger partial charge in [0.25, 0.3) is 5.91 Å². The zero-order chi connectivity index (χ0) is 18.5. The average molecular weight is 369 g/mol. The van der Waals surface area contributed by atoms with Crippen LogP contribution in [0.4, 0.5) is 0 Å². The van der Waals surface area contributed by atoms with Crippen molar-refractivity contribution in [3.8, 4) is 0 Å². The molecular weight excluding hydrogens is 346 g/mol. The van der Waals surface area contributed by atoms with Gasteiger partial charge in [-0.25, -0.2) is 4.79 Å². The lowest BCUT2D eigenvalue weighted by Crippen LogP contribution is -2.39. The number of fused-ring (bicyclic) bond motifs is 1. The van der Waals surface area contributed by atoms with Gasteiger partial charge in [-0.05, 0) is 55.7 Å². The van der Waals surface area contributed by atoms with Crippen LogP contribution in [0.5, 0.6) is 0 Å². The van der Waals surface area contributed by atoms with E-state index in [0.29, 0.717) is 5.56 Å². The van der Waals surface area contributed by atoms with Crippen LogP contribution in [0.15, 0.2) is 53.4 Å². The van der Waals surface area contributed by atoms with Crippen molar-refractivity contribution in [1.29, 1.82) is 0 Å². The summed E-state index contributed by atoms with van der Waals surface area (Å²) in [7, 11) is 0. The number of benzene rings is 2. The standard InChI is InChI=1S/C21H23NO3S/c1-14(25-21(24)17-11-5-6-13-19(17)26-2)20(23)22-18-12-7-9-15-8-3-4-10-16(15)18/h3-6,8,10-11,13-14,18H,7,9,12H2,1-2H3,(H,22,23)/t14-,18+/m0/s1. The number of nitrogens with one attached hydrogen (secondary N) is 1. The number of rotatable bonds is 5. The number of esters is 1. The van der Waals surface area contributed by atoms with E-state index in [-0.39, 0.29) is 11.9 Å². The van der Waals surface area contributed by atoms with Crippen molar-refractivity contribution in [3.05, 3.63) is 65.2 Å². The van der Waals surface area contributed by atoms with Gasteiger partial charge in [0.2, 0.25) is 0 Å². The number of hydrogen-bond donors (Lipinski definition) is 1. The van der Waals surface area contributed by atoms with Crippen LogP contribution in [0, 0.1) is 0 Å². The van der Waals surface area contributed by atoms with Crippen LogP contribution in [0.3, 0.4) is 0 Å². The molecule has 136 valence electrons. The second-order valence-electron chi connectivity index (χ2n) is 6.40. The first-order valence-corrected chi connectivity index (χ1v) is 10.0. The van der Waals surface area contributed by atoms with Gasteiger partial charge >= 0.3 is 5.97 Å². The Labute approximate surface area is 158 Å². The molecule has 1 amide bonds. The van der Waals surface area contributed by atoms with Crippen molar-refractivity contribution in [2.45, 2.75) is 43.2 Å². The van der Waals surface area contributed by atoms with Crippen molar-refractivity contribution in [1.82, 2.24) is 5.32 Å². The van der Waals surface area contributed by atoms with Gasteiger partial charge in [-0.1, -0.05) is 36.4 Å². The molecule has 2 aromatic rings. The van der Waals surface area contributed by atoms with Crippen molar-refractivity contribution < 1.29 is 14.3 Å². The molecule has 5 heteroatoms. The van der Waals surface area contributed by atoms with Crippen LogP contribution in [0.2, 0.25) is 0 Å². The van der Waals surface area contributed by atoms with Crippen molar-refractivity contribution in [3.63, 3.8) is 0 Å². The Hall–Kier alpha value is -2.27. The topological polar surface area (TPSA) is 55.4 Å².